The largest absolute Gasteiger partial charge is 0.462 e. The number of ether oxygens (including phenoxy) is 3. The lowest BCUT2D eigenvalue weighted by atomic mass is 10.1. The molecule has 0 bridgehead atoms. The maximum Gasteiger partial charge on any atom is 0.306 e. The predicted molar refractivity (Wildman–Crippen MR) is 270 cm³/mol. The maximum atomic E-state index is 12.8. The zero-order chi connectivity index (χ0) is 45.8. The number of allylic oxidation sites excluding steroid dienone is 12. The van der Waals surface area contributed by atoms with Crippen LogP contribution in [-0.2, 0) is 28.6 Å². The molecule has 0 heterocycles. The fraction of sp³-hybridized carbons (Fsp3) is 0.737. The van der Waals surface area contributed by atoms with Crippen LogP contribution in [0.15, 0.2) is 72.9 Å². The topological polar surface area (TPSA) is 78.9 Å². The van der Waals surface area contributed by atoms with Crippen LogP contribution >= 0.6 is 0 Å². The van der Waals surface area contributed by atoms with Gasteiger partial charge in [-0.05, 0) is 89.9 Å². The third kappa shape index (κ3) is 49.7. The zero-order valence-electron chi connectivity index (χ0n) is 41.3. The molecular weight excluding hydrogens is 781 g/mol. The van der Waals surface area contributed by atoms with Crippen LogP contribution in [0, 0.1) is 0 Å². The first kappa shape index (κ1) is 59.9. The van der Waals surface area contributed by atoms with Gasteiger partial charge in [-0.2, -0.15) is 0 Å². The van der Waals surface area contributed by atoms with Gasteiger partial charge < -0.3 is 14.2 Å². The molecule has 0 aliphatic rings. The van der Waals surface area contributed by atoms with Gasteiger partial charge in [0.25, 0.3) is 0 Å². The van der Waals surface area contributed by atoms with E-state index < -0.39 is 6.10 Å². The monoisotopic (exact) mass is 879 g/mol. The van der Waals surface area contributed by atoms with Gasteiger partial charge in [-0.15, -0.1) is 0 Å². The van der Waals surface area contributed by atoms with Crippen LogP contribution < -0.4 is 0 Å². The Morgan fingerprint density at radius 2 is 0.603 bits per heavy atom. The van der Waals surface area contributed by atoms with Gasteiger partial charge in [0.15, 0.2) is 6.10 Å². The molecule has 1 atom stereocenters. The standard InChI is InChI=1S/C57H98O6/c1-4-7-10-13-16-19-22-24-26-28-29-31-32-35-38-41-44-47-50-56(59)62-53-54(52-61-55(58)49-46-43-40-37-34-21-18-15-12-9-6-3)63-57(60)51-48-45-42-39-36-33-30-27-25-23-20-17-14-11-8-5-2/h15,18,21-22,24,26-31,34,54H,4-14,16-17,19-20,23,25,32-33,35-53H2,1-3H3/b18-15-,24-22-,28-26-,30-27-,31-29-,34-21-. The van der Waals surface area contributed by atoms with E-state index in [2.05, 4.69) is 93.7 Å². The summed E-state index contributed by atoms with van der Waals surface area (Å²) < 4.78 is 16.8. The van der Waals surface area contributed by atoms with Gasteiger partial charge in [-0.1, -0.05) is 216 Å². The predicted octanol–water partition coefficient (Wildman–Crippen LogP) is 17.4. The second-order valence-corrected chi connectivity index (χ2v) is 17.5. The summed E-state index contributed by atoms with van der Waals surface area (Å²) in [6.45, 7) is 6.52. The van der Waals surface area contributed by atoms with Crippen molar-refractivity contribution in [3.63, 3.8) is 0 Å². The van der Waals surface area contributed by atoms with E-state index >= 15 is 0 Å². The number of unbranched alkanes of at least 4 members (excludes halogenated alkanes) is 27. The molecule has 0 N–H and O–H groups in total. The van der Waals surface area contributed by atoms with Crippen LogP contribution in [0.3, 0.4) is 0 Å². The average Bonchev–Trinajstić information content (AvgIpc) is 3.28. The van der Waals surface area contributed by atoms with Gasteiger partial charge in [0, 0.05) is 19.3 Å². The minimum absolute atomic E-state index is 0.0980. The van der Waals surface area contributed by atoms with E-state index in [9.17, 15) is 14.4 Å². The summed E-state index contributed by atoms with van der Waals surface area (Å²) in [5.74, 6) is -0.951. The maximum absolute atomic E-state index is 12.8. The SMILES string of the molecule is CCCC/C=C\C=C/CCCCCC(=O)OCC(COC(=O)CCCCCCC\C=C/C=C\C=C/CCCCCCC)OC(=O)CCCCCCC/C=C\CCCCCCCCC. The van der Waals surface area contributed by atoms with Crippen molar-refractivity contribution in [1.29, 1.82) is 0 Å². The quantitative estimate of drug-likeness (QED) is 0.0199. The summed E-state index contributed by atoms with van der Waals surface area (Å²) in [6.07, 6.45) is 64.6. The molecule has 0 fully saturated rings. The normalized spacial score (nSPS) is 12.6. The smallest absolute Gasteiger partial charge is 0.306 e. The molecule has 6 nitrogen and oxygen atoms in total. The number of rotatable bonds is 47. The lowest BCUT2D eigenvalue weighted by Crippen LogP contribution is -2.30. The van der Waals surface area contributed by atoms with Crippen molar-refractivity contribution in [3.8, 4) is 0 Å². The van der Waals surface area contributed by atoms with E-state index in [1.54, 1.807) is 0 Å². The molecule has 0 rings (SSSR count). The molecule has 0 aromatic rings. The van der Waals surface area contributed by atoms with Gasteiger partial charge in [0.05, 0.1) is 0 Å². The summed E-state index contributed by atoms with van der Waals surface area (Å²) in [4.78, 5) is 38.0. The summed E-state index contributed by atoms with van der Waals surface area (Å²) in [6, 6.07) is 0. The minimum Gasteiger partial charge on any atom is -0.462 e. The summed E-state index contributed by atoms with van der Waals surface area (Å²) in [7, 11) is 0. The van der Waals surface area contributed by atoms with Crippen LogP contribution in [0.1, 0.15) is 252 Å². The van der Waals surface area contributed by atoms with Crippen molar-refractivity contribution >= 4 is 17.9 Å². The lowest BCUT2D eigenvalue weighted by molar-refractivity contribution is -0.167. The Labute approximate surface area is 389 Å². The molecule has 0 saturated carbocycles. The number of esters is 3. The molecule has 362 valence electrons. The van der Waals surface area contributed by atoms with E-state index in [4.69, 9.17) is 14.2 Å². The van der Waals surface area contributed by atoms with Gasteiger partial charge in [0.1, 0.15) is 13.2 Å². The highest BCUT2D eigenvalue weighted by Crippen LogP contribution is 2.14. The molecule has 0 radical (unpaired) electrons. The van der Waals surface area contributed by atoms with E-state index in [1.807, 2.05) is 0 Å². The second kappa shape index (κ2) is 51.5. The molecular formula is C57H98O6. The Balaban J connectivity index is 4.44. The van der Waals surface area contributed by atoms with Gasteiger partial charge in [-0.3, -0.25) is 14.4 Å². The van der Waals surface area contributed by atoms with Crippen LogP contribution in [-0.4, -0.2) is 37.2 Å². The van der Waals surface area contributed by atoms with Crippen LogP contribution in [0.5, 0.6) is 0 Å². The Bertz CT molecular complexity index is 1190. The number of carbonyl (C=O) groups is 3. The lowest BCUT2D eigenvalue weighted by Gasteiger charge is -2.18. The van der Waals surface area contributed by atoms with E-state index in [1.165, 1.54) is 103 Å². The molecule has 63 heavy (non-hydrogen) atoms. The highest BCUT2D eigenvalue weighted by atomic mass is 16.6. The number of hydrogen-bond donors (Lipinski definition) is 0. The number of hydrogen-bond acceptors (Lipinski definition) is 6. The van der Waals surface area contributed by atoms with Crippen molar-refractivity contribution < 1.29 is 28.6 Å². The van der Waals surface area contributed by atoms with Crippen molar-refractivity contribution in [2.75, 3.05) is 13.2 Å². The fourth-order valence-corrected chi connectivity index (χ4v) is 7.18. The van der Waals surface area contributed by atoms with Crippen molar-refractivity contribution in [3.05, 3.63) is 72.9 Å². The molecule has 0 amide bonds. The van der Waals surface area contributed by atoms with E-state index in [-0.39, 0.29) is 31.1 Å². The number of carbonyl (C=O) groups excluding carboxylic acids is 3. The molecule has 0 spiro atoms. The highest BCUT2D eigenvalue weighted by Gasteiger charge is 2.19. The molecule has 0 aliphatic heterocycles. The van der Waals surface area contributed by atoms with E-state index in [0.29, 0.717) is 19.3 Å². The zero-order valence-corrected chi connectivity index (χ0v) is 41.3. The van der Waals surface area contributed by atoms with E-state index in [0.717, 1.165) is 109 Å². The molecule has 0 aromatic heterocycles. The first-order valence-electron chi connectivity index (χ1n) is 26.5. The molecule has 0 aromatic carbocycles. The van der Waals surface area contributed by atoms with Crippen LogP contribution in [0.25, 0.3) is 0 Å². The Morgan fingerprint density at radius 1 is 0.317 bits per heavy atom. The minimum atomic E-state index is -0.798. The third-order valence-corrected chi connectivity index (χ3v) is 11.2. The molecule has 0 saturated heterocycles. The fourth-order valence-electron chi connectivity index (χ4n) is 7.18. The summed E-state index contributed by atoms with van der Waals surface area (Å²) in [5, 5.41) is 0. The van der Waals surface area contributed by atoms with Gasteiger partial charge >= 0.3 is 17.9 Å². The van der Waals surface area contributed by atoms with Gasteiger partial charge in [0.2, 0.25) is 0 Å². The molecule has 6 heteroatoms. The van der Waals surface area contributed by atoms with Gasteiger partial charge in [-0.25, -0.2) is 0 Å². The summed E-state index contributed by atoms with van der Waals surface area (Å²) >= 11 is 0. The highest BCUT2D eigenvalue weighted by molar-refractivity contribution is 5.71. The van der Waals surface area contributed by atoms with Crippen molar-refractivity contribution in [2.45, 2.75) is 258 Å². The first-order valence-corrected chi connectivity index (χ1v) is 26.5. The van der Waals surface area contributed by atoms with Crippen LogP contribution in [0.2, 0.25) is 0 Å². The molecule has 0 aliphatic carbocycles. The Hall–Kier alpha value is -3.15. The summed E-state index contributed by atoms with van der Waals surface area (Å²) in [5.41, 5.74) is 0. The first-order chi connectivity index (χ1) is 31.0. The Kier molecular flexibility index (Phi) is 48.9. The molecule has 1 unspecified atom stereocenters. The van der Waals surface area contributed by atoms with Crippen LogP contribution in [0.4, 0.5) is 0 Å². The second-order valence-electron chi connectivity index (χ2n) is 17.5. The van der Waals surface area contributed by atoms with Crippen molar-refractivity contribution in [1.82, 2.24) is 0 Å². The van der Waals surface area contributed by atoms with Crippen molar-refractivity contribution in [2.24, 2.45) is 0 Å². The Morgan fingerprint density at radius 3 is 1.00 bits per heavy atom. The third-order valence-electron chi connectivity index (χ3n) is 11.2. The average molecular weight is 879 g/mol.